The molecule has 0 aliphatic rings. The first-order valence-electron chi connectivity index (χ1n) is 10.8. The Morgan fingerprint density at radius 3 is 2.35 bits per heavy atom. The van der Waals surface area contributed by atoms with Gasteiger partial charge in [0.15, 0.2) is 23.1 Å². The van der Waals surface area contributed by atoms with Crippen molar-refractivity contribution < 1.29 is 18.4 Å². The smallest absolute Gasteiger partial charge is 0.276 e. The molecule has 3 aromatic rings. The molecule has 11 heteroatoms. The number of benzene rings is 1. The number of nitrogens with one attached hydrogen (secondary N) is 2. The van der Waals surface area contributed by atoms with Gasteiger partial charge in [-0.2, -0.15) is 0 Å². The number of nitrogens with zero attached hydrogens (tertiary/aromatic N) is 5. The number of aromatic nitrogens is 4. The van der Waals surface area contributed by atoms with E-state index in [2.05, 4.69) is 30.7 Å². The van der Waals surface area contributed by atoms with Crippen molar-refractivity contribution in [2.75, 3.05) is 25.0 Å². The van der Waals surface area contributed by atoms with Gasteiger partial charge in [0.25, 0.3) is 11.8 Å². The summed E-state index contributed by atoms with van der Waals surface area (Å²) in [5.41, 5.74) is -1.12. The number of anilines is 1. The molecule has 2 amide bonds. The van der Waals surface area contributed by atoms with E-state index in [9.17, 15) is 18.4 Å². The summed E-state index contributed by atoms with van der Waals surface area (Å²) in [4.78, 5) is 31.7. The number of amides is 2. The van der Waals surface area contributed by atoms with Crippen LogP contribution in [0.5, 0.6) is 0 Å². The van der Waals surface area contributed by atoms with Crippen LogP contribution in [0.3, 0.4) is 0 Å². The summed E-state index contributed by atoms with van der Waals surface area (Å²) in [7, 11) is 0. The largest absolute Gasteiger partial charge is 0.346 e. The molecule has 2 aromatic heterocycles. The van der Waals surface area contributed by atoms with E-state index in [-0.39, 0.29) is 16.9 Å². The molecule has 0 atom stereocenters. The monoisotopic (exact) mass is 471 g/mol. The normalized spacial score (nSPS) is 11.5. The number of halogens is 2. The Hall–Kier alpha value is -3.73. The zero-order valence-corrected chi connectivity index (χ0v) is 19.5. The Morgan fingerprint density at radius 2 is 1.76 bits per heavy atom. The van der Waals surface area contributed by atoms with Crippen molar-refractivity contribution in [2.24, 2.45) is 0 Å². The second-order valence-corrected chi connectivity index (χ2v) is 8.31. The minimum absolute atomic E-state index is 0.0678. The topological polar surface area (TPSA) is 105 Å². The van der Waals surface area contributed by atoms with Crippen molar-refractivity contribution in [3.8, 4) is 5.82 Å². The van der Waals surface area contributed by atoms with E-state index in [1.165, 1.54) is 12.4 Å². The highest BCUT2D eigenvalue weighted by molar-refractivity contribution is 6.08. The second kappa shape index (κ2) is 10.5. The van der Waals surface area contributed by atoms with Gasteiger partial charge >= 0.3 is 0 Å². The molecule has 180 valence electrons. The lowest BCUT2D eigenvalue weighted by molar-refractivity contribution is 0.0890. The first kappa shape index (κ1) is 24.9. The molecule has 0 saturated carbocycles. The summed E-state index contributed by atoms with van der Waals surface area (Å²) in [6, 6.07) is 4.51. The van der Waals surface area contributed by atoms with E-state index in [4.69, 9.17) is 0 Å². The standard InChI is InChI=1S/C23H27F2N7O2/c1-5-31(6-2)13-23(3,4)28-21(33)15-11-16(24)17(25)12-19(15)27-22(34)18-7-8-20(30-29-18)32-10-9-26-14-32/h7-12,14H,5-6,13H2,1-4H3,(H,27,34)(H,28,33). The maximum absolute atomic E-state index is 14.0. The number of hydrogen-bond donors (Lipinski definition) is 2. The number of likely N-dealkylation sites (N-methyl/N-ethyl adjacent to an activating group) is 1. The van der Waals surface area contributed by atoms with Crippen LogP contribution >= 0.6 is 0 Å². The summed E-state index contributed by atoms with van der Waals surface area (Å²) in [5.74, 6) is -3.33. The van der Waals surface area contributed by atoms with Gasteiger partial charge in [-0.1, -0.05) is 13.8 Å². The molecule has 0 radical (unpaired) electrons. The summed E-state index contributed by atoms with van der Waals surface area (Å²) in [6.07, 6.45) is 4.76. The Labute approximate surface area is 196 Å². The fourth-order valence-electron chi connectivity index (χ4n) is 3.42. The molecule has 1 aromatic carbocycles. The zero-order chi connectivity index (χ0) is 24.9. The number of carbonyl (C=O) groups is 2. The van der Waals surface area contributed by atoms with Crippen LogP contribution in [0.25, 0.3) is 5.82 Å². The molecule has 9 nitrogen and oxygen atoms in total. The second-order valence-electron chi connectivity index (χ2n) is 8.31. The molecule has 2 heterocycles. The van der Waals surface area contributed by atoms with Gasteiger partial charge in [0.1, 0.15) is 6.33 Å². The van der Waals surface area contributed by atoms with E-state index in [0.29, 0.717) is 12.4 Å². The third-order valence-electron chi connectivity index (χ3n) is 5.17. The van der Waals surface area contributed by atoms with Gasteiger partial charge in [0, 0.05) is 30.5 Å². The SMILES string of the molecule is CCN(CC)CC(C)(C)NC(=O)c1cc(F)c(F)cc1NC(=O)c1ccc(-n2ccnc2)nn1. The molecule has 3 rings (SSSR count). The van der Waals surface area contributed by atoms with Crippen LogP contribution in [-0.2, 0) is 0 Å². The van der Waals surface area contributed by atoms with Crippen LogP contribution < -0.4 is 10.6 Å². The van der Waals surface area contributed by atoms with Crippen molar-refractivity contribution in [3.05, 3.63) is 65.9 Å². The molecule has 2 N–H and O–H groups in total. The minimum atomic E-state index is -1.20. The molecular formula is C23H27F2N7O2. The Balaban J connectivity index is 1.81. The first-order chi connectivity index (χ1) is 16.1. The molecule has 0 saturated heterocycles. The van der Waals surface area contributed by atoms with Crippen molar-refractivity contribution in [3.63, 3.8) is 0 Å². The van der Waals surface area contributed by atoms with Crippen LogP contribution in [0.2, 0.25) is 0 Å². The lowest BCUT2D eigenvalue weighted by Gasteiger charge is -2.32. The summed E-state index contributed by atoms with van der Waals surface area (Å²) < 4.78 is 29.6. The van der Waals surface area contributed by atoms with Gasteiger partial charge in [-0.3, -0.25) is 14.2 Å². The fraction of sp³-hybridized carbons (Fsp3) is 0.348. The highest BCUT2D eigenvalue weighted by atomic mass is 19.2. The average molecular weight is 472 g/mol. The molecule has 0 aliphatic heterocycles. The Bertz CT molecular complexity index is 1140. The quantitative estimate of drug-likeness (QED) is 0.497. The van der Waals surface area contributed by atoms with Gasteiger partial charge < -0.3 is 15.5 Å². The van der Waals surface area contributed by atoms with E-state index in [0.717, 1.165) is 25.2 Å². The van der Waals surface area contributed by atoms with Gasteiger partial charge in [0.2, 0.25) is 0 Å². The molecular weight excluding hydrogens is 444 g/mol. The third kappa shape index (κ3) is 5.98. The van der Waals surface area contributed by atoms with Gasteiger partial charge in [0.05, 0.1) is 11.3 Å². The lowest BCUT2D eigenvalue weighted by Crippen LogP contribution is -2.51. The van der Waals surface area contributed by atoms with E-state index in [1.54, 1.807) is 23.0 Å². The van der Waals surface area contributed by atoms with Crippen LogP contribution in [0, 0.1) is 11.6 Å². The minimum Gasteiger partial charge on any atom is -0.346 e. The van der Waals surface area contributed by atoms with Crippen LogP contribution in [0.15, 0.2) is 43.0 Å². The highest BCUT2D eigenvalue weighted by Gasteiger charge is 2.26. The molecule has 0 unspecified atom stereocenters. The molecule has 0 bridgehead atoms. The van der Waals surface area contributed by atoms with E-state index >= 15 is 0 Å². The van der Waals surface area contributed by atoms with Gasteiger partial charge in [-0.25, -0.2) is 13.8 Å². The van der Waals surface area contributed by atoms with Crippen LogP contribution in [-0.4, -0.2) is 61.6 Å². The van der Waals surface area contributed by atoms with E-state index < -0.39 is 29.0 Å². The Morgan fingerprint density at radius 1 is 1.06 bits per heavy atom. The van der Waals surface area contributed by atoms with Crippen LogP contribution in [0.4, 0.5) is 14.5 Å². The van der Waals surface area contributed by atoms with Crippen molar-refractivity contribution >= 4 is 17.5 Å². The highest BCUT2D eigenvalue weighted by Crippen LogP contribution is 2.22. The fourth-order valence-corrected chi connectivity index (χ4v) is 3.42. The first-order valence-corrected chi connectivity index (χ1v) is 10.8. The Kier molecular flexibility index (Phi) is 7.67. The average Bonchev–Trinajstić information content (AvgIpc) is 3.34. The van der Waals surface area contributed by atoms with Crippen molar-refractivity contribution in [2.45, 2.75) is 33.2 Å². The van der Waals surface area contributed by atoms with E-state index in [1.807, 2.05) is 27.7 Å². The zero-order valence-electron chi connectivity index (χ0n) is 19.5. The number of carbonyl (C=O) groups excluding carboxylic acids is 2. The maximum Gasteiger partial charge on any atom is 0.276 e. The lowest BCUT2D eigenvalue weighted by atomic mass is 10.0. The summed E-state index contributed by atoms with van der Waals surface area (Å²) in [6.45, 7) is 9.82. The van der Waals surface area contributed by atoms with Crippen molar-refractivity contribution in [1.29, 1.82) is 0 Å². The third-order valence-corrected chi connectivity index (χ3v) is 5.17. The predicted molar refractivity (Wildman–Crippen MR) is 123 cm³/mol. The van der Waals surface area contributed by atoms with Crippen LogP contribution in [0.1, 0.15) is 48.5 Å². The molecule has 34 heavy (non-hydrogen) atoms. The summed E-state index contributed by atoms with van der Waals surface area (Å²) >= 11 is 0. The molecule has 0 aliphatic carbocycles. The number of rotatable bonds is 9. The molecule has 0 fully saturated rings. The van der Waals surface area contributed by atoms with Gasteiger partial charge in [-0.15, -0.1) is 10.2 Å². The summed E-state index contributed by atoms with van der Waals surface area (Å²) in [5, 5.41) is 13.1. The van der Waals surface area contributed by atoms with Gasteiger partial charge in [-0.05, 0) is 45.1 Å². The number of imidazole rings is 1. The number of hydrogen-bond acceptors (Lipinski definition) is 6. The maximum atomic E-state index is 14.0. The predicted octanol–water partition coefficient (Wildman–Crippen LogP) is 3.04. The van der Waals surface area contributed by atoms with Crippen molar-refractivity contribution in [1.82, 2.24) is 30.0 Å². The molecule has 0 spiro atoms.